The van der Waals surface area contributed by atoms with Crippen LogP contribution in [-0.4, -0.2) is 24.3 Å². The first-order chi connectivity index (χ1) is 14.9. The highest BCUT2D eigenvalue weighted by Crippen LogP contribution is 2.23. The lowest BCUT2D eigenvalue weighted by molar-refractivity contribution is -0.153. The predicted molar refractivity (Wildman–Crippen MR) is 119 cm³/mol. The molecule has 158 valence electrons. The molecule has 0 spiro atoms. The summed E-state index contributed by atoms with van der Waals surface area (Å²) in [6.07, 6.45) is -1.19. The van der Waals surface area contributed by atoms with E-state index >= 15 is 0 Å². The molecule has 0 fully saturated rings. The van der Waals surface area contributed by atoms with Gasteiger partial charge >= 0.3 is 5.97 Å². The van der Waals surface area contributed by atoms with E-state index in [1.54, 1.807) is 78.9 Å². The number of carbonyl (C=O) groups is 3. The van der Waals surface area contributed by atoms with Crippen molar-refractivity contribution in [3.05, 3.63) is 101 Å². The lowest BCUT2D eigenvalue weighted by atomic mass is 10.1. The van der Waals surface area contributed by atoms with Crippen LogP contribution in [-0.2, 0) is 14.3 Å². The topological polar surface area (TPSA) is 84.5 Å². The van der Waals surface area contributed by atoms with Crippen molar-refractivity contribution in [1.29, 1.82) is 0 Å². The van der Waals surface area contributed by atoms with Crippen LogP contribution in [0.3, 0.4) is 0 Å². The third-order valence-corrected chi connectivity index (χ3v) is 4.87. The molecule has 2 N–H and O–H groups in total. The van der Waals surface area contributed by atoms with Gasteiger partial charge in [0.15, 0.2) is 0 Å². The molecule has 7 heteroatoms. The molecule has 0 aliphatic rings. The zero-order valence-electron chi connectivity index (χ0n) is 16.8. The van der Waals surface area contributed by atoms with E-state index in [1.165, 1.54) is 0 Å². The van der Waals surface area contributed by atoms with Crippen LogP contribution in [0.25, 0.3) is 0 Å². The van der Waals surface area contributed by atoms with Gasteiger partial charge in [-0.2, -0.15) is 0 Å². The summed E-state index contributed by atoms with van der Waals surface area (Å²) in [6.45, 7) is 1.48. The predicted octanol–water partition coefficient (Wildman–Crippen LogP) is 4.30. The maximum Gasteiger partial charge on any atom is 0.326 e. The number of hydrogen-bond donors (Lipinski definition) is 2. The van der Waals surface area contributed by atoms with E-state index in [9.17, 15) is 14.4 Å². The maximum absolute atomic E-state index is 12.9. The van der Waals surface area contributed by atoms with Crippen molar-refractivity contribution in [3.8, 4) is 0 Å². The van der Waals surface area contributed by atoms with Gasteiger partial charge in [0.2, 0.25) is 6.10 Å². The number of rotatable bonds is 7. The molecule has 0 radical (unpaired) electrons. The number of esters is 1. The van der Waals surface area contributed by atoms with Crippen molar-refractivity contribution >= 4 is 35.1 Å². The number of halogens is 1. The summed E-state index contributed by atoms with van der Waals surface area (Å²) in [5.41, 5.74) is 2.28. The van der Waals surface area contributed by atoms with Crippen molar-refractivity contribution in [1.82, 2.24) is 5.32 Å². The Morgan fingerprint density at radius 3 is 2.23 bits per heavy atom. The fourth-order valence-electron chi connectivity index (χ4n) is 2.80. The molecule has 6 nitrogen and oxygen atoms in total. The number of ether oxygens (including phenoxy) is 1. The van der Waals surface area contributed by atoms with Crippen molar-refractivity contribution in [2.45, 2.75) is 13.0 Å². The maximum atomic E-state index is 12.9. The quantitative estimate of drug-likeness (QED) is 0.541. The van der Waals surface area contributed by atoms with E-state index in [-0.39, 0.29) is 6.54 Å². The van der Waals surface area contributed by atoms with Crippen LogP contribution in [0.15, 0.2) is 78.9 Å². The van der Waals surface area contributed by atoms with Crippen LogP contribution < -0.4 is 10.6 Å². The first-order valence-corrected chi connectivity index (χ1v) is 9.96. The van der Waals surface area contributed by atoms with Crippen molar-refractivity contribution in [3.63, 3.8) is 0 Å². The molecule has 0 aliphatic heterocycles. The minimum absolute atomic E-state index is 0.374. The Morgan fingerprint density at radius 2 is 1.58 bits per heavy atom. The van der Waals surface area contributed by atoms with Gasteiger partial charge in [-0.1, -0.05) is 66.2 Å². The smallest absolute Gasteiger partial charge is 0.326 e. The molecule has 1 atom stereocenters. The van der Waals surface area contributed by atoms with Gasteiger partial charge in [-0.25, -0.2) is 0 Å². The van der Waals surface area contributed by atoms with Crippen LogP contribution in [0.4, 0.5) is 5.69 Å². The summed E-state index contributed by atoms with van der Waals surface area (Å²) in [4.78, 5) is 37.4. The Labute approximate surface area is 185 Å². The minimum Gasteiger partial charge on any atom is -0.446 e. The van der Waals surface area contributed by atoms with Crippen LogP contribution in [0, 0.1) is 6.92 Å². The van der Waals surface area contributed by atoms with Crippen LogP contribution >= 0.6 is 11.6 Å². The SMILES string of the molecule is Cc1ccc(NC(=O)C(OC(=O)CNC(=O)c2ccccc2)c2ccccc2)cc1Cl. The Morgan fingerprint density at radius 1 is 0.935 bits per heavy atom. The number of carbonyl (C=O) groups excluding carboxylic acids is 3. The summed E-state index contributed by atoms with van der Waals surface area (Å²) >= 11 is 6.12. The molecule has 0 bridgehead atoms. The van der Waals surface area contributed by atoms with E-state index in [2.05, 4.69) is 10.6 Å². The molecule has 0 aliphatic carbocycles. The molecule has 31 heavy (non-hydrogen) atoms. The second-order valence-electron chi connectivity index (χ2n) is 6.78. The third-order valence-electron chi connectivity index (χ3n) is 4.46. The fourth-order valence-corrected chi connectivity index (χ4v) is 2.98. The molecule has 3 aromatic rings. The Hall–Kier alpha value is -3.64. The zero-order valence-corrected chi connectivity index (χ0v) is 17.6. The summed E-state index contributed by atoms with van der Waals surface area (Å²) < 4.78 is 5.41. The molecular weight excluding hydrogens is 416 g/mol. The van der Waals surface area contributed by atoms with Gasteiger partial charge in [0.05, 0.1) is 0 Å². The average molecular weight is 437 g/mol. The first kappa shape index (κ1) is 22.1. The third kappa shape index (κ3) is 6.17. The zero-order chi connectivity index (χ0) is 22.2. The van der Waals surface area contributed by atoms with Gasteiger partial charge < -0.3 is 15.4 Å². The van der Waals surface area contributed by atoms with Crippen molar-refractivity contribution < 1.29 is 19.1 Å². The van der Waals surface area contributed by atoms with Gasteiger partial charge in [-0.05, 0) is 36.8 Å². The lowest BCUT2D eigenvalue weighted by Crippen LogP contribution is -2.33. The molecule has 0 saturated carbocycles. The molecule has 3 rings (SSSR count). The number of benzene rings is 3. The molecule has 0 saturated heterocycles. The second-order valence-corrected chi connectivity index (χ2v) is 7.19. The average Bonchev–Trinajstić information content (AvgIpc) is 2.79. The highest BCUT2D eigenvalue weighted by Gasteiger charge is 2.25. The molecule has 0 aromatic heterocycles. The largest absolute Gasteiger partial charge is 0.446 e. The van der Waals surface area contributed by atoms with Crippen molar-refractivity contribution in [2.75, 3.05) is 11.9 Å². The monoisotopic (exact) mass is 436 g/mol. The van der Waals surface area contributed by atoms with Crippen LogP contribution in [0.2, 0.25) is 5.02 Å². The first-order valence-electron chi connectivity index (χ1n) is 9.59. The van der Waals surface area contributed by atoms with E-state index < -0.39 is 23.9 Å². The van der Waals surface area contributed by atoms with Gasteiger partial charge in [0.1, 0.15) is 6.54 Å². The van der Waals surface area contributed by atoms with E-state index in [4.69, 9.17) is 16.3 Å². The summed E-state index contributed by atoms with van der Waals surface area (Å²) in [5.74, 6) is -1.68. The Bertz CT molecular complexity index is 1070. The van der Waals surface area contributed by atoms with Gasteiger partial charge in [-0.3, -0.25) is 14.4 Å². The lowest BCUT2D eigenvalue weighted by Gasteiger charge is -2.18. The van der Waals surface area contributed by atoms with Crippen LogP contribution in [0.5, 0.6) is 0 Å². The Balaban J connectivity index is 1.68. The van der Waals surface area contributed by atoms with Gasteiger partial charge in [0.25, 0.3) is 11.8 Å². The summed E-state index contributed by atoms with van der Waals surface area (Å²) in [6, 6.07) is 22.2. The number of aryl methyl sites for hydroxylation is 1. The fraction of sp³-hybridized carbons (Fsp3) is 0.125. The molecule has 3 aromatic carbocycles. The molecule has 0 heterocycles. The summed E-state index contributed by atoms with van der Waals surface area (Å²) in [7, 11) is 0. The van der Waals surface area contributed by atoms with Gasteiger partial charge in [-0.15, -0.1) is 0 Å². The van der Waals surface area contributed by atoms with Crippen LogP contribution in [0.1, 0.15) is 27.6 Å². The highest BCUT2D eigenvalue weighted by molar-refractivity contribution is 6.31. The number of amides is 2. The van der Waals surface area contributed by atoms with E-state index in [0.29, 0.717) is 21.8 Å². The van der Waals surface area contributed by atoms with Gasteiger partial charge in [0, 0.05) is 21.8 Å². The molecular formula is C24H21ClN2O4. The number of hydrogen-bond acceptors (Lipinski definition) is 4. The number of anilines is 1. The van der Waals surface area contributed by atoms with E-state index in [0.717, 1.165) is 5.56 Å². The second kappa shape index (κ2) is 10.4. The van der Waals surface area contributed by atoms with E-state index in [1.807, 2.05) is 6.92 Å². The Kier molecular flexibility index (Phi) is 7.40. The normalized spacial score (nSPS) is 11.3. The summed E-state index contributed by atoms with van der Waals surface area (Å²) in [5, 5.41) is 5.72. The van der Waals surface area contributed by atoms with Crippen molar-refractivity contribution in [2.24, 2.45) is 0 Å². The number of nitrogens with one attached hydrogen (secondary N) is 2. The molecule has 1 unspecified atom stereocenters. The minimum atomic E-state index is -1.19. The molecule has 2 amide bonds. The standard InChI is InChI=1S/C24H21ClN2O4/c1-16-12-13-19(14-20(16)25)27-24(30)22(17-8-4-2-5-9-17)31-21(28)15-26-23(29)18-10-6-3-7-11-18/h2-14,22H,15H2,1H3,(H,26,29)(H,27,30). The highest BCUT2D eigenvalue weighted by atomic mass is 35.5.